The molecule has 2 aromatic rings. The summed E-state index contributed by atoms with van der Waals surface area (Å²) >= 11 is 3.07. The summed E-state index contributed by atoms with van der Waals surface area (Å²) in [6, 6.07) is 6.89. The van der Waals surface area contributed by atoms with Crippen LogP contribution in [-0.2, 0) is 6.18 Å². The van der Waals surface area contributed by atoms with Crippen LogP contribution in [0.25, 0.3) is 0 Å². The summed E-state index contributed by atoms with van der Waals surface area (Å²) in [5, 5.41) is 15.8. The zero-order valence-corrected chi connectivity index (χ0v) is 13.1. The molecule has 3 rings (SSSR count). The maximum absolute atomic E-state index is 13.1. The van der Waals surface area contributed by atoms with E-state index in [0.717, 1.165) is 11.1 Å². The molecule has 2 unspecified atom stereocenters. The first-order valence-electron chi connectivity index (χ1n) is 6.61. The molecule has 0 fully saturated rings. The van der Waals surface area contributed by atoms with E-state index in [9.17, 15) is 18.3 Å². The minimum Gasteiger partial charge on any atom is -0.388 e. The molecule has 0 bridgehead atoms. The van der Waals surface area contributed by atoms with Crippen LogP contribution in [0, 0.1) is 0 Å². The molecule has 1 aromatic heterocycles. The molecular formula is C14H13BrF3N3O. The van der Waals surface area contributed by atoms with Gasteiger partial charge in [0.15, 0.2) is 10.3 Å². The van der Waals surface area contributed by atoms with Crippen LogP contribution in [-0.4, -0.2) is 22.4 Å². The van der Waals surface area contributed by atoms with Gasteiger partial charge in [-0.05, 0) is 27.1 Å². The number of halogens is 4. The van der Waals surface area contributed by atoms with Gasteiger partial charge in [-0.2, -0.15) is 18.3 Å². The lowest BCUT2D eigenvalue weighted by Crippen LogP contribution is -2.25. The fourth-order valence-corrected chi connectivity index (χ4v) is 3.51. The highest BCUT2D eigenvalue weighted by Crippen LogP contribution is 2.47. The van der Waals surface area contributed by atoms with Gasteiger partial charge < -0.3 is 10.0 Å². The number of fused-ring (bicyclic) bond motifs is 1. The van der Waals surface area contributed by atoms with E-state index in [2.05, 4.69) is 21.0 Å². The summed E-state index contributed by atoms with van der Waals surface area (Å²) in [6.07, 6.45) is -4.87. The van der Waals surface area contributed by atoms with E-state index in [1.165, 1.54) is 4.90 Å². The Morgan fingerprint density at radius 1 is 1.32 bits per heavy atom. The van der Waals surface area contributed by atoms with Crippen LogP contribution in [0.1, 0.15) is 35.4 Å². The topological polar surface area (TPSA) is 52.2 Å². The molecule has 1 aromatic carbocycles. The van der Waals surface area contributed by atoms with Crippen molar-refractivity contribution in [2.45, 2.75) is 24.7 Å². The van der Waals surface area contributed by atoms with E-state index in [1.807, 2.05) is 17.2 Å². The van der Waals surface area contributed by atoms with Crippen molar-refractivity contribution in [2.75, 3.05) is 11.9 Å². The van der Waals surface area contributed by atoms with Gasteiger partial charge >= 0.3 is 6.18 Å². The number of nitrogens with zero attached hydrogens (tertiary/aromatic N) is 2. The number of alkyl halides is 3. The number of hydrogen-bond donors (Lipinski definition) is 2. The van der Waals surface area contributed by atoms with Crippen LogP contribution >= 0.6 is 15.9 Å². The minimum atomic E-state index is -4.53. The Hall–Kier alpha value is -1.54. The summed E-state index contributed by atoms with van der Waals surface area (Å²) in [5.41, 5.74) is 0.633. The van der Waals surface area contributed by atoms with E-state index in [4.69, 9.17) is 0 Å². The number of anilines is 1. The number of hydrogen-bond acceptors (Lipinski definition) is 3. The smallest absolute Gasteiger partial charge is 0.388 e. The van der Waals surface area contributed by atoms with Crippen molar-refractivity contribution in [3.05, 3.63) is 45.7 Å². The molecule has 0 spiro atoms. The third-order valence-corrected chi connectivity index (χ3v) is 4.52. The number of aliphatic hydroxyl groups is 1. The number of nitrogens with one attached hydrogen (secondary N) is 1. The molecule has 4 nitrogen and oxygen atoms in total. The first-order chi connectivity index (χ1) is 10.3. The number of aliphatic hydroxyl groups excluding tert-OH is 1. The van der Waals surface area contributed by atoms with Crippen molar-refractivity contribution in [2.24, 2.45) is 0 Å². The van der Waals surface area contributed by atoms with Crippen molar-refractivity contribution in [1.82, 2.24) is 10.2 Å². The van der Waals surface area contributed by atoms with Gasteiger partial charge in [-0.1, -0.05) is 24.3 Å². The Balaban J connectivity index is 2.03. The quantitative estimate of drug-likeness (QED) is 0.838. The molecule has 2 N–H and O–H groups in total. The van der Waals surface area contributed by atoms with Crippen LogP contribution < -0.4 is 4.90 Å². The Morgan fingerprint density at radius 3 is 2.59 bits per heavy atom. The molecule has 8 heteroatoms. The fourth-order valence-electron chi connectivity index (χ4n) is 2.94. The van der Waals surface area contributed by atoms with Crippen LogP contribution in [0.5, 0.6) is 0 Å². The van der Waals surface area contributed by atoms with Crippen LogP contribution in [0.2, 0.25) is 0 Å². The Bertz CT molecular complexity index is 701. The SMILES string of the molecule is CN(c1c(Br)n[nH]c1C(F)(F)F)C1CC(O)c2ccccc21. The van der Waals surface area contributed by atoms with Crippen molar-refractivity contribution in [3.63, 3.8) is 0 Å². The van der Waals surface area contributed by atoms with Crippen LogP contribution in [0.15, 0.2) is 28.9 Å². The van der Waals surface area contributed by atoms with Gasteiger partial charge in [-0.3, -0.25) is 5.10 Å². The summed E-state index contributed by atoms with van der Waals surface area (Å²) in [7, 11) is 1.57. The lowest BCUT2D eigenvalue weighted by atomic mass is 10.1. The highest BCUT2D eigenvalue weighted by Gasteiger charge is 2.41. The average Bonchev–Trinajstić information content (AvgIpc) is 3.00. The highest BCUT2D eigenvalue weighted by molar-refractivity contribution is 9.10. The second-order valence-electron chi connectivity index (χ2n) is 5.24. The Morgan fingerprint density at radius 2 is 1.95 bits per heavy atom. The largest absolute Gasteiger partial charge is 0.434 e. The second-order valence-corrected chi connectivity index (χ2v) is 5.99. The highest BCUT2D eigenvalue weighted by atomic mass is 79.9. The molecule has 0 saturated carbocycles. The van der Waals surface area contributed by atoms with Gasteiger partial charge in [-0.25, -0.2) is 0 Å². The van der Waals surface area contributed by atoms with E-state index < -0.39 is 18.0 Å². The first kappa shape index (κ1) is 15.4. The normalized spacial score (nSPS) is 21.0. The van der Waals surface area contributed by atoms with E-state index in [0.29, 0.717) is 6.42 Å². The van der Waals surface area contributed by atoms with E-state index in [-0.39, 0.29) is 16.3 Å². The third-order valence-electron chi connectivity index (χ3n) is 3.96. The zero-order chi connectivity index (χ0) is 16.1. The predicted molar refractivity (Wildman–Crippen MR) is 78.5 cm³/mol. The molecular weight excluding hydrogens is 363 g/mol. The van der Waals surface area contributed by atoms with E-state index in [1.54, 1.807) is 19.2 Å². The molecule has 0 amide bonds. The maximum Gasteiger partial charge on any atom is 0.434 e. The molecule has 118 valence electrons. The van der Waals surface area contributed by atoms with Gasteiger partial charge in [0.2, 0.25) is 0 Å². The van der Waals surface area contributed by atoms with Crippen molar-refractivity contribution >= 4 is 21.6 Å². The van der Waals surface area contributed by atoms with Crippen molar-refractivity contribution in [3.8, 4) is 0 Å². The number of aromatic amines is 1. The summed E-state index contributed by atoms with van der Waals surface area (Å²) in [6.45, 7) is 0. The predicted octanol–water partition coefficient (Wildman–Crippen LogP) is 3.81. The summed E-state index contributed by atoms with van der Waals surface area (Å²) in [5.74, 6) is 0. The molecule has 0 aliphatic heterocycles. The number of rotatable bonds is 2. The van der Waals surface area contributed by atoms with Gasteiger partial charge in [0.05, 0.1) is 12.1 Å². The third kappa shape index (κ3) is 2.40. The average molecular weight is 376 g/mol. The van der Waals surface area contributed by atoms with Gasteiger partial charge in [0.25, 0.3) is 0 Å². The first-order valence-corrected chi connectivity index (χ1v) is 7.40. The van der Waals surface area contributed by atoms with Crippen LogP contribution in [0.4, 0.5) is 18.9 Å². The summed E-state index contributed by atoms with van der Waals surface area (Å²) < 4.78 is 39.4. The standard InChI is InChI=1S/C14H13BrF3N3O/c1-21(11-12(14(16,17)18)19-20-13(11)15)9-6-10(22)8-5-3-2-4-7(8)9/h2-5,9-10,22H,6H2,1H3,(H,19,20). The molecule has 1 aliphatic carbocycles. The lowest BCUT2D eigenvalue weighted by Gasteiger charge is -2.28. The molecule has 0 saturated heterocycles. The van der Waals surface area contributed by atoms with Crippen molar-refractivity contribution in [1.29, 1.82) is 0 Å². The van der Waals surface area contributed by atoms with Crippen molar-refractivity contribution < 1.29 is 18.3 Å². The lowest BCUT2D eigenvalue weighted by molar-refractivity contribution is -0.140. The molecule has 1 heterocycles. The monoisotopic (exact) mass is 375 g/mol. The number of H-pyrrole nitrogens is 1. The van der Waals surface area contributed by atoms with Crippen LogP contribution in [0.3, 0.4) is 0 Å². The second kappa shape index (κ2) is 5.27. The zero-order valence-electron chi connectivity index (χ0n) is 11.5. The van der Waals surface area contributed by atoms with E-state index >= 15 is 0 Å². The number of benzene rings is 1. The molecule has 1 aliphatic rings. The van der Waals surface area contributed by atoms with Gasteiger partial charge in [-0.15, -0.1) is 0 Å². The van der Waals surface area contributed by atoms with Gasteiger partial charge in [0, 0.05) is 13.5 Å². The fraction of sp³-hybridized carbons (Fsp3) is 0.357. The molecule has 22 heavy (non-hydrogen) atoms. The number of aromatic nitrogens is 2. The summed E-state index contributed by atoms with van der Waals surface area (Å²) in [4.78, 5) is 1.51. The molecule has 0 radical (unpaired) electrons. The Kier molecular flexibility index (Phi) is 3.68. The maximum atomic E-state index is 13.1. The Labute approximate surface area is 133 Å². The van der Waals surface area contributed by atoms with Gasteiger partial charge in [0.1, 0.15) is 5.69 Å². The molecule has 2 atom stereocenters. The minimum absolute atomic E-state index is 0.0543.